The summed E-state index contributed by atoms with van der Waals surface area (Å²) in [5.41, 5.74) is 0.290. The normalized spacial score (nSPS) is 15.7. The highest BCUT2D eigenvalue weighted by Gasteiger charge is 2.16. The molecule has 1 amide bonds. The zero-order valence-corrected chi connectivity index (χ0v) is 15.8. The fraction of sp³-hybridized carbons (Fsp3) is 0.444. The summed E-state index contributed by atoms with van der Waals surface area (Å²) < 4.78 is 15.7. The van der Waals surface area contributed by atoms with Crippen LogP contribution in [-0.2, 0) is 18.3 Å². The summed E-state index contributed by atoms with van der Waals surface area (Å²) in [6, 6.07) is 3.39. The number of anilines is 1. The minimum Gasteiger partial charge on any atom is -0.324 e. The third kappa shape index (κ3) is 4.79. The van der Waals surface area contributed by atoms with Gasteiger partial charge < -0.3 is 9.88 Å². The maximum absolute atomic E-state index is 13.8. The molecule has 1 aromatic heterocycles. The predicted molar refractivity (Wildman–Crippen MR) is 101 cm³/mol. The lowest BCUT2D eigenvalue weighted by Gasteiger charge is -2.16. The molecule has 0 spiro atoms. The zero-order valence-electron chi connectivity index (χ0n) is 15.0. The van der Waals surface area contributed by atoms with Gasteiger partial charge >= 0.3 is 0 Å². The number of amides is 1. The molecule has 9 heteroatoms. The van der Waals surface area contributed by atoms with E-state index in [1.54, 1.807) is 0 Å². The lowest BCUT2D eigenvalue weighted by molar-refractivity contribution is -0.384. The van der Waals surface area contributed by atoms with Crippen LogP contribution in [0.3, 0.4) is 0 Å². The first kappa shape index (κ1) is 19.2. The monoisotopic (exact) mass is 392 g/mol. The smallest absolute Gasteiger partial charge is 0.271 e. The highest BCUT2D eigenvalue weighted by molar-refractivity contribution is 7.07. The van der Waals surface area contributed by atoms with Crippen molar-refractivity contribution in [3.05, 3.63) is 50.0 Å². The summed E-state index contributed by atoms with van der Waals surface area (Å²) in [6.45, 7) is 0. The molecule has 1 aliphatic carbocycles. The van der Waals surface area contributed by atoms with Crippen LogP contribution in [0.25, 0.3) is 0 Å². The van der Waals surface area contributed by atoms with Gasteiger partial charge in [0.2, 0.25) is 5.91 Å². The molecule has 144 valence electrons. The number of aromatic nitrogens is 1. The van der Waals surface area contributed by atoms with Crippen molar-refractivity contribution in [3.63, 3.8) is 0 Å². The van der Waals surface area contributed by atoms with Gasteiger partial charge in [-0.05, 0) is 18.9 Å². The fourth-order valence-electron chi connectivity index (χ4n) is 3.13. The molecular formula is C18H21FN4O3S. The van der Waals surface area contributed by atoms with Crippen LogP contribution in [0, 0.1) is 15.9 Å². The van der Waals surface area contributed by atoms with E-state index < -0.39 is 16.6 Å². The lowest BCUT2D eigenvalue weighted by atomic mass is 9.96. The molecular weight excluding hydrogens is 371 g/mol. The van der Waals surface area contributed by atoms with E-state index in [0.717, 1.165) is 41.5 Å². The van der Waals surface area contributed by atoms with Crippen molar-refractivity contribution in [3.8, 4) is 0 Å². The van der Waals surface area contributed by atoms with Gasteiger partial charge in [0.25, 0.3) is 5.69 Å². The Morgan fingerprint density at radius 3 is 2.85 bits per heavy atom. The molecule has 0 saturated heterocycles. The summed E-state index contributed by atoms with van der Waals surface area (Å²) in [4.78, 5) is 28.1. The molecule has 27 heavy (non-hydrogen) atoms. The van der Waals surface area contributed by atoms with Crippen molar-refractivity contribution in [2.24, 2.45) is 12.0 Å². The van der Waals surface area contributed by atoms with Crippen molar-refractivity contribution < 1.29 is 14.1 Å². The number of non-ortho nitro benzene ring substituents is 1. The molecule has 1 heterocycles. The number of nitrogens with zero attached hydrogens (tertiary/aromatic N) is 3. The number of nitrogens with one attached hydrogen (secondary N) is 1. The van der Waals surface area contributed by atoms with Crippen LogP contribution < -0.4 is 10.1 Å². The Morgan fingerprint density at radius 2 is 2.15 bits per heavy atom. The Labute approximate surface area is 159 Å². The SMILES string of the molecule is Cn1c(CC(=O)Nc2cc([N+](=O)[O-])ccc2F)csc1=NC1CCCCC1. The van der Waals surface area contributed by atoms with Crippen molar-refractivity contribution in [2.45, 2.75) is 44.6 Å². The number of hydrogen-bond acceptors (Lipinski definition) is 5. The van der Waals surface area contributed by atoms with Crippen molar-refractivity contribution in [2.75, 3.05) is 5.32 Å². The van der Waals surface area contributed by atoms with Gasteiger partial charge in [-0.3, -0.25) is 19.9 Å². The Bertz CT molecular complexity index is 916. The number of rotatable bonds is 5. The van der Waals surface area contributed by atoms with Gasteiger partial charge in [0.1, 0.15) is 5.82 Å². The molecule has 1 fully saturated rings. The molecule has 3 rings (SSSR count). The second-order valence-electron chi connectivity index (χ2n) is 6.64. The van der Waals surface area contributed by atoms with Gasteiger partial charge in [-0.2, -0.15) is 0 Å². The van der Waals surface area contributed by atoms with Gasteiger partial charge in [-0.15, -0.1) is 11.3 Å². The molecule has 0 atom stereocenters. The van der Waals surface area contributed by atoms with Crippen LogP contribution in [0.5, 0.6) is 0 Å². The Morgan fingerprint density at radius 1 is 1.41 bits per heavy atom. The molecule has 7 nitrogen and oxygen atoms in total. The summed E-state index contributed by atoms with van der Waals surface area (Å²) in [5, 5.41) is 15.1. The number of nitro groups is 1. The number of nitro benzene ring substituents is 1. The summed E-state index contributed by atoms with van der Waals surface area (Å²) >= 11 is 1.48. The molecule has 0 aliphatic heterocycles. The van der Waals surface area contributed by atoms with Crippen LogP contribution in [0.2, 0.25) is 0 Å². The summed E-state index contributed by atoms with van der Waals surface area (Å²) in [5.74, 6) is -1.15. The van der Waals surface area contributed by atoms with E-state index in [2.05, 4.69) is 5.32 Å². The number of carbonyl (C=O) groups is 1. The quantitative estimate of drug-likeness (QED) is 0.623. The average molecular weight is 392 g/mol. The average Bonchev–Trinajstić information content (AvgIpc) is 2.97. The largest absolute Gasteiger partial charge is 0.324 e. The first-order valence-corrected chi connectivity index (χ1v) is 9.73. The highest BCUT2D eigenvalue weighted by atomic mass is 32.1. The first-order valence-electron chi connectivity index (χ1n) is 8.85. The third-order valence-electron chi connectivity index (χ3n) is 4.66. The van der Waals surface area contributed by atoms with Gasteiger partial charge in [0, 0.05) is 30.3 Å². The minimum absolute atomic E-state index is 0.0370. The summed E-state index contributed by atoms with van der Waals surface area (Å²) in [7, 11) is 1.86. The Balaban J connectivity index is 1.71. The number of hydrogen-bond donors (Lipinski definition) is 1. The molecule has 0 bridgehead atoms. The molecule has 0 radical (unpaired) electrons. The molecule has 2 aromatic rings. The van der Waals surface area contributed by atoms with Crippen molar-refractivity contribution >= 4 is 28.6 Å². The van der Waals surface area contributed by atoms with Crippen LogP contribution in [0.1, 0.15) is 37.8 Å². The van der Waals surface area contributed by atoms with E-state index in [4.69, 9.17) is 4.99 Å². The molecule has 1 aliphatic rings. The standard InChI is InChI=1S/C18H21FN4O3S/c1-22-14(11-27-18(22)20-12-5-3-2-4-6-12)10-17(24)21-16-9-13(23(25)26)7-8-15(16)19/h7-9,11-12H,2-6,10H2,1H3,(H,21,24). The number of thiazole rings is 1. The molecule has 1 aromatic carbocycles. The van der Waals surface area contributed by atoms with Gasteiger partial charge in [0.05, 0.1) is 23.1 Å². The highest BCUT2D eigenvalue weighted by Crippen LogP contribution is 2.22. The fourth-order valence-corrected chi connectivity index (χ4v) is 4.10. The first-order chi connectivity index (χ1) is 12.9. The van der Waals surface area contributed by atoms with E-state index in [-0.39, 0.29) is 17.8 Å². The predicted octanol–water partition coefficient (Wildman–Crippen LogP) is 3.55. The van der Waals surface area contributed by atoms with Gasteiger partial charge in [-0.25, -0.2) is 4.39 Å². The molecule has 0 unspecified atom stereocenters. The number of carbonyl (C=O) groups excluding carboxylic acids is 1. The minimum atomic E-state index is -0.711. The van der Waals surface area contributed by atoms with E-state index in [1.807, 2.05) is 17.0 Å². The van der Waals surface area contributed by atoms with Crippen molar-refractivity contribution in [1.29, 1.82) is 0 Å². The molecule has 1 N–H and O–H groups in total. The van der Waals surface area contributed by atoms with E-state index in [9.17, 15) is 19.3 Å². The van der Waals surface area contributed by atoms with E-state index >= 15 is 0 Å². The van der Waals surface area contributed by atoms with Crippen molar-refractivity contribution in [1.82, 2.24) is 4.57 Å². The molecule has 1 saturated carbocycles. The van der Waals surface area contributed by atoms with E-state index in [0.29, 0.717) is 6.04 Å². The summed E-state index contributed by atoms with van der Waals surface area (Å²) in [6.07, 6.45) is 5.90. The van der Waals surface area contributed by atoms with Gasteiger partial charge in [-0.1, -0.05) is 19.3 Å². The van der Waals surface area contributed by atoms with Crippen LogP contribution in [0.4, 0.5) is 15.8 Å². The lowest BCUT2D eigenvalue weighted by Crippen LogP contribution is -2.22. The maximum Gasteiger partial charge on any atom is 0.271 e. The topological polar surface area (TPSA) is 89.5 Å². The third-order valence-corrected chi connectivity index (χ3v) is 5.64. The number of benzene rings is 1. The maximum atomic E-state index is 13.8. The van der Waals surface area contributed by atoms with Crippen LogP contribution in [0.15, 0.2) is 28.6 Å². The Kier molecular flexibility index (Phi) is 6.00. The number of halogens is 1. The van der Waals surface area contributed by atoms with Crippen LogP contribution >= 0.6 is 11.3 Å². The second-order valence-corrected chi connectivity index (χ2v) is 7.47. The van der Waals surface area contributed by atoms with Gasteiger partial charge in [0.15, 0.2) is 4.80 Å². The second kappa shape index (κ2) is 8.43. The van der Waals surface area contributed by atoms with Crippen LogP contribution in [-0.4, -0.2) is 21.4 Å². The zero-order chi connectivity index (χ0) is 19.4. The van der Waals surface area contributed by atoms with E-state index in [1.165, 1.54) is 30.6 Å². The Hall–Kier alpha value is -2.55.